The molecule has 1 saturated heterocycles. The number of aromatic nitrogens is 4. The van der Waals surface area contributed by atoms with E-state index in [2.05, 4.69) is 28.4 Å². The fourth-order valence-electron chi connectivity index (χ4n) is 4.45. The second kappa shape index (κ2) is 10.1. The zero-order chi connectivity index (χ0) is 27.0. The van der Waals surface area contributed by atoms with E-state index in [-0.39, 0.29) is 35.0 Å². The first-order valence-electron chi connectivity index (χ1n) is 11.5. The van der Waals surface area contributed by atoms with Crippen LogP contribution in [0.5, 0.6) is 11.5 Å². The molecule has 9 nitrogen and oxygen atoms in total. The molecule has 194 valence electrons. The number of nitrogens with zero attached hydrogens (tertiary/aromatic N) is 5. The van der Waals surface area contributed by atoms with Gasteiger partial charge in [0, 0.05) is 36.9 Å². The van der Waals surface area contributed by atoms with Gasteiger partial charge < -0.3 is 20.1 Å². The molecule has 5 rings (SSSR count). The third kappa shape index (κ3) is 4.20. The first-order chi connectivity index (χ1) is 18.4. The van der Waals surface area contributed by atoms with Gasteiger partial charge in [0.2, 0.25) is 5.91 Å². The van der Waals surface area contributed by atoms with Crippen molar-refractivity contribution in [2.24, 2.45) is 0 Å². The number of hydrogen-bond acceptors (Lipinski definition) is 8. The highest BCUT2D eigenvalue weighted by Gasteiger charge is 2.30. The topological polar surface area (TPSA) is 108 Å². The van der Waals surface area contributed by atoms with Gasteiger partial charge in [0.1, 0.15) is 22.1 Å². The van der Waals surface area contributed by atoms with Crippen LogP contribution < -0.4 is 15.2 Å². The number of fused-ring (bicyclic) bond motifs is 1. The number of rotatable bonds is 5. The van der Waals surface area contributed by atoms with Crippen LogP contribution in [-0.2, 0) is 4.79 Å². The smallest absolute Gasteiger partial charge is 0.246 e. The lowest BCUT2D eigenvalue weighted by molar-refractivity contribution is -0.125. The maximum absolute atomic E-state index is 15.0. The van der Waals surface area contributed by atoms with Gasteiger partial charge in [-0.25, -0.2) is 18.7 Å². The Hall–Kier alpha value is -4.50. The average Bonchev–Trinajstić information content (AvgIpc) is 3.69. The van der Waals surface area contributed by atoms with Crippen LogP contribution in [0.25, 0.3) is 21.5 Å². The summed E-state index contributed by atoms with van der Waals surface area (Å²) in [7, 11) is 2.52. The molecule has 1 aliphatic rings. The van der Waals surface area contributed by atoms with Gasteiger partial charge in [-0.3, -0.25) is 9.48 Å². The number of nitrogens with two attached hydrogens (primary N) is 1. The Morgan fingerprint density at radius 3 is 2.61 bits per heavy atom. The number of ether oxygens (including phenoxy) is 2. The fourth-order valence-corrected chi connectivity index (χ4v) is 5.10. The van der Waals surface area contributed by atoms with E-state index >= 15 is 0 Å². The summed E-state index contributed by atoms with van der Waals surface area (Å²) in [5, 5.41) is 7.66. The van der Waals surface area contributed by atoms with Gasteiger partial charge in [-0.2, -0.15) is 5.10 Å². The van der Waals surface area contributed by atoms with E-state index in [0.29, 0.717) is 41.0 Å². The van der Waals surface area contributed by atoms with E-state index in [1.54, 1.807) is 22.0 Å². The molecule has 1 fully saturated rings. The molecule has 0 spiro atoms. The van der Waals surface area contributed by atoms with Crippen LogP contribution in [0, 0.1) is 23.5 Å². The van der Waals surface area contributed by atoms with Gasteiger partial charge in [-0.15, -0.1) is 11.3 Å². The number of likely N-dealkylation sites (tertiary alicyclic amines) is 1. The highest BCUT2D eigenvalue weighted by atomic mass is 32.1. The van der Waals surface area contributed by atoms with Crippen molar-refractivity contribution in [1.82, 2.24) is 24.6 Å². The van der Waals surface area contributed by atoms with Crippen molar-refractivity contribution < 1.29 is 23.0 Å². The van der Waals surface area contributed by atoms with Crippen LogP contribution in [0.3, 0.4) is 0 Å². The first kappa shape index (κ1) is 25.2. The molecule has 1 amide bonds. The number of carbonyl (C=O) groups excluding carboxylic acids is 1. The highest BCUT2D eigenvalue weighted by molar-refractivity contribution is 7.13. The lowest BCUT2D eigenvalue weighted by Gasteiger charge is -2.16. The lowest BCUT2D eigenvalue weighted by atomic mass is 10.1. The van der Waals surface area contributed by atoms with Crippen molar-refractivity contribution in [2.75, 3.05) is 33.0 Å². The Labute approximate surface area is 220 Å². The number of anilines is 1. The maximum Gasteiger partial charge on any atom is 0.246 e. The molecule has 0 bridgehead atoms. The van der Waals surface area contributed by atoms with Crippen molar-refractivity contribution in [3.63, 3.8) is 0 Å². The summed E-state index contributed by atoms with van der Waals surface area (Å²) in [4.78, 5) is 22.6. The third-order valence-electron chi connectivity index (χ3n) is 6.29. The number of carbonyl (C=O) groups is 1. The van der Waals surface area contributed by atoms with Crippen LogP contribution in [0.1, 0.15) is 23.7 Å². The summed E-state index contributed by atoms with van der Waals surface area (Å²) >= 11 is 1.41. The number of hydrogen-bond donors (Lipinski definition) is 1. The Morgan fingerprint density at radius 1 is 1.24 bits per heavy atom. The summed E-state index contributed by atoms with van der Waals surface area (Å²) in [5.41, 5.74) is 7.24. The SMILES string of the molecule is C=CC(=O)N1CCC(n2nc(C#Cc3c(F)c(OC)cc(OC)c3F)c3c(N)ncc(-c4nccs4)c32)C1. The minimum absolute atomic E-state index is 0.150. The molecule has 3 aromatic heterocycles. The number of methoxy groups -OCH3 is 2. The molecule has 1 unspecified atom stereocenters. The van der Waals surface area contributed by atoms with E-state index in [4.69, 9.17) is 20.3 Å². The average molecular weight is 537 g/mol. The standard InChI is InChI=1S/C26H22F2N6O3S/c1-4-20(35)33-9-7-14(13-33)34-24-16(26-30-8-10-38-26)12-31-25(29)21(24)17(32-34)6-5-15-22(27)18(36-2)11-19(37-3)23(15)28/h4,8,10-12,14H,1,7,9,13H2,2-3H3,(H2,29,31). The Morgan fingerprint density at radius 2 is 1.97 bits per heavy atom. The van der Waals surface area contributed by atoms with E-state index in [9.17, 15) is 13.6 Å². The van der Waals surface area contributed by atoms with Gasteiger partial charge in [0.05, 0.1) is 36.7 Å². The van der Waals surface area contributed by atoms with Gasteiger partial charge in [0.25, 0.3) is 0 Å². The molecule has 0 aliphatic carbocycles. The van der Waals surface area contributed by atoms with Crippen molar-refractivity contribution in [3.05, 3.63) is 59.4 Å². The molecule has 1 aromatic carbocycles. The molecule has 0 radical (unpaired) electrons. The molecule has 12 heteroatoms. The van der Waals surface area contributed by atoms with Crippen molar-refractivity contribution in [2.45, 2.75) is 12.5 Å². The van der Waals surface area contributed by atoms with E-state index in [0.717, 1.165) is 6.07 Å². The van der Waals surface area contributed by atoms with Crippen LogP contribution >= 0.6 is 11.3 Å². The Balaban J connectivity index is 1.72. The minimum atomic E-state index is -0.967. The molecule has 1 atom stereocenters. The third-order valence-corrected chi connectivity index (χ3v) is 7.10. The summed E-state index contributed by atoms with van der Waals surface area (Å²) in [6, 6.07) is 0.904. The number of halogens is 2. The minimum Gasteiger partial charge on any atom is -0.493 e. The predicted octanol–water partition coefficient (Wildman–Crippen LogP) is 3.79. The first-order valence-corrected chi connectivity index (χ1v) is 12.4. The molecular formula is C26H22F2N6O3S. The largest absolute Gasteiger partial charge is 0.493 e. The Bertz CT molecular complexity index is 1600. The summed E-state index contributed by atoms with van der Waals surface area (Å²) < 4.78 is 41.7. The predicted molar refractivity (Wildman–Crippen MR) is 139 cm³/mol. The Kier molecular flexibility index (Phi) is 6.69. The number of amides is 1. The molecule has 2 N–H and O–H groups in total. The van der Waals surface area contributed by atoms with Gasteiger partial charge in [-0.1, -0.05) is 12.5 Å². The van der Waals surface area contributed by atoms with Gasteiger partial charge >= 0.3 is 0 Å². The maximum atomic E-state index is 15.0. The molecule has 4 heterocycles. The molecule has 1 aliphatic heterocycles. The van der Waals surface area contributed by atoms with Crippen molar-refractivity contribution in [1.29, 1.82) is 0 Å². The highest BCUT2D eigenvalue weighted by Crippen LogP contribution is 2.37. The number of nitrogen functional groups attached to an aromatic ring is 1. The molecule has 38 heavy (non-hydrogen) atoms. The second-order valence-corrected chi connectivity index (χ2v) is 9.27. The summed E-state index contributed by atoms with van der Waals surface area (Å²) in [6.07, 6.45) is 5.18. The number of pyridine rings is 1. The van der Waals surface area contributed by atoms with Crippen LogP contribution in [0.15, 0.2) is 36.5 Å². The summed E-state index contributed by atoms with van der Waals surface area (Å²) in [5.74, 6) is 2.94. The van der Waals surface area contributed by atoms with E-state index < -0.39 is 17.2 Å². The molecular weight excluding hydrogens is 514 g/mol. The normalized spacial score (nSPS) is 14.8. The van der Waals surface area contributed by atoms with Crippen LogP contribution in [0.2, 0.25) is 0 Å². The molecule has 0 saturated carbocycles. The molecule has 4 aromatic rings. The summed E-state index contributed by atoms with van der Waals surface area (Å²) in [6.45, 7) is 4.48. The van der Waals surface area contributed by atoms with Crippen LogP contribution in [-0.4, -0.2) is 57.9 Å². The lowest BCUT2D eigenvalue weighted by Crippen LogP contribution is -2.27. The zero-order valence-electron chi connectivity index (χ0n) is 20.5. The van der Waals surface area contributed by atoms with Gasteiger partial charge in [0.15, 0.2) is 23.1 Å². The van der Waals surface area contributed by atoms with E-state index in [1.807, 2.05) is 5.38 Å². The van der Waals surface area contributed by atoms with Crippen molar-refractivity contribution in [3.8, 4) is 33.9 Å². The zero-order valence-corrected chi connectivity index (χ0v) is 21.3. The van der Waals surface area contributed by atoms with Crippen molar-refractivity contribution >= 4 is 34.0 Å². The fraction of sp³-hybridized carbons (Fsp3) is 0.231. The number of thiazole rings is 1. The van der Waals surface area contributed by atoms with Crippen LogP contribution in [0.4, 0.5) is 14.6 Å². The monoisotopic (exact) mass is 536 g/mol. The van der Waals surface area contributed by atoms with E-state index in [1.165, 1.54) is 31.6 Å². The number of benzene rings is 1. The quantitative estimate of drug-likeness (QED) is 0.305. The second-order valence-electron chi connectivity index (χ2n) is 8.38. The van der Waals surface area contributed by atoms with Gasteiger partial charge in [-0.05, 0) is 18.4 Å².